The van der Waals surface area contributed by atoms with E-state index in [1.807, 2.05) is 37.3 Å². The van der Waals surface area contributed by atoms with Crippen molar-refractivity contribution in [1.82, 2.24) is 9.55 Å². The Bertz CT molecular complexity index is 1310. The van der Waals surface area contributed by atoms with Gasteiger partial charge in [-0.2, -0.15) is 0 Å². The summed E-state index contributed by atoms with van der Waals surface area (Å²) in [6, 6.07) is 13.4. The maximum absolute atomic E-state index is 13.1. The van der Waals surface area contributed by atoms with Crippen molar-refractivity contribution >= 4 is 22.6 Å². The maximum atomic E-state index is 13.1. The molecule has 1 aromatic heterocycles. The van der Waals surface area contributed by atoms with E-state index in [4.69, 9.17) is 14.5 Å². The quantitative estimate of drug-likeness (QED) is 0.477. The Morgan fingerprint density at radius 1 is 1.15 bits per heavy atom. The lowest BCUT2D eigenvalue weighted by molar-refractivity contribution is -0.143. The molecule has 6 nitrogen and oxygen atoms in total. The number of rotatable bonds is 7. The van der Waals surface area contributed by atoms with Crippen LogP contribution in [-0.4, -0.2) is 34.8 Å². The van der Waals surface area contributed by atoms with E-state index in [-0.39, 0.29) is 6.04 Å². The van der Waals surface area contributed by atoms with Gasteiger partial charge in [0.05, 0.1) is 31.2 Å². The Labute approximate surface area is 199 Å². The standard InChI is InChI=1S/C28H30N2O4/c1-17(2)30-25-15-18(3)7-12-24(25)29-26(30)23-16-22(34-6)13-14-28(23,27(31)32)19(4)20-8-10-21(33-5)11-9-20/h7-17,23H,4H2,1-3,5-6H3,(H,31,32). The van der Waals surface area contributed by atoms with Gasteiger partial charge in [-0.3, -0.25) is 4.79 Å². The highest BCUT2D eigenvalue weighted by molar-refractivity contribution is 5.96. The zero-order valence-electron chi connectivity index (χ0n) is 20.2. The molecule has 0 fully saturated rings. The number of aryl methyl sites for hydroxylation is 1. The third kappa shape index (κ3) is 3.69. The van der Waals surface area contributed by atoms with Crippen molar-refractivity contribution in [2.75, 3.05) is 14.2 Å². The number of aliphatic carboxylic acids is 1. The number of hydrogen-bond donors (Lipinski definition) is 1. The molecule has 4 rings (SSSR count). The number of methoxy groups -OCH3 is 2. The first-order valence-electron chi connectivity index (χ1n) is 11.2. The van der Waals surface area contributed by atoms with Crippen LogP contribution in [-0.2, 0) is 9.53 Å². The molecular formula is C28H30N2O4. The van der Waals surface area contributed by atoms with Gasteiger partial charge in [0.25, 0.3) is 0 Å². The van der Waals surface area contributed by atoms with Crippen LogP contribution in [0, 0.1) is 12.3 Å². The normalized spacial score (nSPS) is 19.8. The van der Waals surface area contributed by atoms with Gasteiger partial charge in [0.15, 0.2) is 0 Å². The van der Waals surface area contributed by atoms with Gasteiger partial charge in [0, 0.05) is 6.04 Å². The van der Waals surface area contributed by atoms with Gasteiger partial charge in [-0.05, 0) is 73.9 Å². The number of imidazole rings is 1. The van der Waals surface area contributed by atoms with Crippen LogP contribution < -0.4 is 4.74 Å². The zero-order chi connectivity index (χ0) is 24.6. The largest absolute Gasteiger partial charge is 0.497 e. The predicted molar refractivity (Wildman–Crippen MR) is 134 cm³/mol. The number of aromatic nitrogens is 2. The number of carbonyl (C=O) groups is 1. The average molecular weight is 459 g/mol. The van der Waals surface area contributed by atoms with Gasteiger partial charge < -0.3 is 19.1 Å². The highest BCUT2D eigenvalue weighted by Crippen LogP contribution is 2.51. The molecule has 2 atom stereocenters. The van der Waals surface area contributed by atoms with E-state index >= 15 is 0 Å². The second-order valence-corrected chi connectivity index (χ2v) is 8.89. The zero-order valence-corrected chi connectivity index (χ0v) is 20.2. The summed E-state index contributed by atoms with van der Waals surface area (Å²) in [5.74, 6) is 0.291. The first-order chi connectivity index (χ1) is 16.2. The molecule has 0 aliphatic heterocycles. The number of carboxylic acid groups (broad SMARTS) is 1. The number of allylic oxidation sites excluding steroid dienone is 2. The lowest BCUT2D eigenvalue weighted by Crippen LogP contribution is -2.39. The summed E-state index contributed by atoms with van der Waals surface area (Å²) in [7, 11) is 3.17. The number of fused-ring (bicyclic) bond motifs is 1. The topological polar surface area (TPSA) is 73.6 Å². The second-order valence-electron chi connectivity index (χ2n) is 8.89. The van der Waals surface area contributed by atoms with Gasteiger partial charge >= 0.3 is 5.97 Å². The molecule has 1 heterocycles. The molecule has 176 valence electrons. The minimum atomic E-state index is -1.46. The van der Waals surface area contributed by atoms with E-state index in [1.54, 1.807) is 38.5 Å². The lowest BCUT2D eigenvalue weighted by atomic mass is 9.65. The molecule has 2 aromatic carbocycles. The molecule has 3 aromatic rings. The van der Waals surface area contributed by atoms with Crippen LogP contribution >= 0.6 is 0 Å². The monoisotopic (exact) mass is 458 g/mol. The number of carboxylic acids is 1. The summed E-state index contributed by atoms with van der Waals surface area (Å²) in [6.45, 7) is 10.5. The van der Waals surface area contributed by atoms with Gasteiger partial charge in [0.2, 0.25) is 0 Å². The molecular weight excluding hydrogens is 428 g/mol. The highest BCUT2D eigenvalue weighted by atomic mass is 16.5. The maximum Gasteiger partial charge on any atom is 0.319 e. The van der Waals surface area contributed by atoms with E-state index in [1.165, 1.54) is 0 Å². The molecule has 0 amide bonds. The third-order valence-electron chi connectivity index (χ3n) is 6.53. The van der Waals surface area contributed by atoms with Crippen LogP contribution in [0.4, 0.5) is 0 Å². The van der Waals surface area contributed by atoms with E-state index in [2.05, 4.69) is 31.1 Å². The van der Waals surface area contributed by atoms with Crippen LogP contribution in [0.3, 0.4) is 0 Å². The van der Waals surface area contributed by atoms with Crippen LogP contribution in [0.5, 0.6) is 5.75 Å². The molecule has 0 bridgehead atoms. The fourth-order valence-electron chi connectivity index (χ4n) is 4.72. The molecule has 0 spiro atoms. The summed E-state index contributed by atoms with van der Waals surface area (Å²) in [5.41, 5.74) is 2.64. The predicted octanol–water partition coefficient (Wildman–Crippen LogP) is 5.90. The summed E-state index contributed by atoms with van der Waals surface area (Å²) in [4.78, 5) is 18.1. The number of benzene rings is 2. The molecule has 34 heavy (non-hydrogen) atoms. The summed E-state index contributed by atoms with van der Waals surface area (Å²) < 4.78 is 12.9. The molecule has 1 aliphatic rings. The van der Waals surface area contributed by atoms with Crippen LogP contribution in [0.25, 0.3) is 16.6 Å². The van der Waals surface area contributed by atoms with Crippen molar-refractivity contribution in [3.63, 3.8) is 0 Å². The fraction of sp³-hybridized carbons (Fsp3) is 0.286. The van der Waals surface area contributed by atoms with Crippen LogP contribution in [0.2, 0.25) is 0 Å². The second kappa shape index (κ2) is 8.86. The molecule has 6 heteroatoms. The molecule has 1 aliphatic carbocycles. The van der Waals surface area contributed by atoms with Crippen molar-refractivity contribution in [3.05, 3.63) is 90.0 Å². The number of nitrogens with zero attached hydrogens (tertiary/aromatic N) is 2. The van der Waals surface area contributed by atoms with Crippen molar-refractivity contribution in [3.8, 4) is 5.75 Å². The molecule has 1 N–H and O–H groups in total. The van der Waals surface area contributed by atoms with Crippen molar-refractivity contribution in [1.29, 1.82) is 0 Å². The van der Waals surface area contributed by atoms with Gasteiger partial charge in [0.1, 0.15) is 22.7 Å². The van der Waals surface area contributed by atoms with Crippen LogP contribution in [0.1, 0.15) is 42.8 Å². The third-order valence-corrected chi connectivity index (χ3v) is 6.53. The van der Waals surface area contributed by atoms with Crippen molar-refractivity contribution in [2.24, 2.45) is 5.41 Å². The van der Waals surface area contributed by atoms with E-state index in [9.17, 15) is 9.90 Å². The molecule has 2 unspecified atom stereocenters. The Hall–Kier alpha value is -3.80. The Balaban J connectivity index is 1.98. The Morgan fingerprint density at radius 2 is 1.85 bits per heavy atom. The van der Waals surface area contributed by atoms with Gasteiger partial charge in [-0.1, -0.05) is 30.9 Å². The van der Waals surface area contributed by atoms with Crippen LogP contribution in [0.15, 0.2) is 73.0 Å². The number of ether oxygens (including phenoxy) is 2. The van der Waals surface area contributed by atoms with E-state index in [0.717, 1.165) is 22.2 Å². The van der Waals surface area contributed by atoms with Gasteiger partial charge in [-0.15, -0.1) is 0 Å². The highest BCUT2D eigenvalue weighted by Gasteiger charge is 2.50. The fourth-order valence-corrected chi connectivity index (χ4v) is 4.72. The number of hydrogen-bond acceptors (Lipinski definition) is 4. The SMILES string of the molecule is C=C(c1ccc(OC)cc1)C1(C(=O)O)C=CC(OC)=CC1c1nc2ccc(C)cc2n1C(C)C. The van der Waals surface area contributed by atoms with Gasteiger partial charge in [-0.25, -0.2) is 4.98 Å². The lowest BCUT2D eigenvalue weighted by Gasteiger charge is -2.37. The Kier molecular flexibility index (Phi) is 6.09. The van der Waals surface area contributed by atoms with E-state index < -0.39 is 17.3 Å². The molecule has 0 saturated carbocycles. The first-order valence-corrected chi connectivity index (χ1v) is 11.2. The summed E-state index contributed by atoms with van der Waals surface area (Å²) in [5, 5.41) is 10.7. The first kappa shape index (κ1) is 23.4. The summed E-state index contributed by atoms with van der Waals surface area (Å²) in [6.07, 6.45) is 5.22. The minimum absolute atomic E-state index is 0.0628. The van der Waals surface area contributed by atoms with Crippen molar-refractivity contribution in [2.45, 2.75) is 32.7 Å². The molecule has 0 radical (unpaired) electrons. The summed E-state index contributed by atoms with van der Waals surface area (Å²) >= 11 is 0. The smallest absolute Gasteiger partial charge is 0.319 e. The van der Waals surface area contributed by atoms with E-state index in [0.29, 0.717) is 22.9 Å². The van der Waals surface area contributed by atoms with Crippen molar-refractivity contribution < 1.29 is 19.4 Å². The minimum Gasteiger partial charge on any atom is -0.497 e. The average Bonchev–Trinajstić information content (AvgIpc) is 3.21. The Morgan fingerprint density at radius 3 is 2.44 bits per heavy atom. The molecule has 0 saturated heterocycles.